The topological polar surface area (TPSA) is 76.1 Å². The molecule has 2 heterocycles. The lowest BCUT2D eigenvalue weighted by molar-refractivity contribution is -0.132. The maximum atomic E-state index is 13.3. The van der Waals surface area contributed by atoms with Gasteiger partial charge in [0, 0.05) is 10.6 Å². The van der Waals surface area contributed by atoms with Crippen LogP contribution in [0.4, 0.5) is 5.69 Å². The zero-order valence-electron chi connectivity index (χ0n) is 18.2. The summed E-state index contributed by atoms with van der Waals surface area (Å²) in [7, 11) is 2.94. The number of amides is 1. The number of benzene rings is 2. The van der Waals surface area contributed by atoms with Gasteiger partial charge < -0.3 is 14.6 Å². The summed E-state index contributed by atoms with van der Waals surface area (Å²) >= 11 is 1.44. The van der Waals surface area contributed by atoms with Gasteiger partial charge in [0.05, 0.1) is 19.8 Å². The molecule has 6 nitrogen and oxygen atoms in total. The first-order valence-electron chi connectivity index (χ1n) is 10.0. The molecular weight excluding hydrogens is 426 g/mol. The van der Waals surface area contributed by atoms with Crippen molar-refractivity contribution in [3.63, 3.8) is 0 Å². The number of aliphatic hydroxyl groups excluding tert-OH is 1. The molecular formula is C25H23NO5S. The van der Waals surface area contributed by atoms with Crippen molar-refractivity contribution in [2.45, 2.75) is 19.9 Å². The van der Waals surface area contributed by atoms with Crippen molar-refractivity contribution in [2.75, 3.05) is 19.1 Å². The number of nitrogens with zero attached hydrogens (tertiary/aromatic N) is 1. The van der Waals surface area contributed by atoms with Crippen LogP contribution in [0.1, 0.15) is 27.6 Å². The second-order valence-corrected chi connectivity index (χ2v) is 8.46. The van der Waals surface area contributed by atoms with Crippen LogP contribution in [0.25, 0.3) is 5.76 Å². The Hall–Kier alpha value is -3.58. The van der Waals surface area contributed by atoms with Gasteiger partial charge in [0.15, 0.2) is 0 Å². The highest BCUT2D eigenvalue weighted by molar-refractivity contribution is 7.10. The lowest BCUT2D eigenvalue weighted by Gasteiger charge is -2.25. The number of rotatable bonds is 5. The third-order valence-corrected chi connectivity index (χ3v) is 6.61. The van der Waals surface area contributed by atoms with Crippen LogP contribution in [0.5, 0.6) is 11.5 Å². The van der Waals surface area contributed by atoms with Gasteiger partial charge in [-0.2, -0.15) is 0 Å². The first-order valence-corrected chi connectivity index (χ1v) is 10.9. The highest BCUT2D eigenvalue weighted by Gasteiger charge is 2.48. The molecule has 0 radical (unpaired) electrons. The molecule has 0 spiro atoms. The van der Waals surface area contributed by atoms with E-state index in [1.165, 1.54) is 30.5 Å². The van der Waals surface area contributed by atoms with Gasteiger partial charge in [-0.15, -0.1) is 11.3 Å². The number of methoxy groups -OCH3 is 2. The summed E-state index contributed by atoms with van der Waals surface area (Å²) < 4.78 is 10.9. The average Bonchev–Trinajstić information content (AvgIpc) is 3.32. The second kappa shape index (κ2) is 8.51. The number of carbonyl (C=O) groups excluding carboxylic acids is 2. The highest BCUT2D eigenvalue weighted by Crippen LogP contribution is 2.47. The first-order chi connectivity index (χ1) is 15.4. The van der Waals surface area contributed by atoms with E-state index in [0.717, 1.165) is 16.0 Å². The summed E-state index contributed by atoms with van der Waals surface area (Å²) in [4.78, 5) is 28.8. The molecule has 7 heteroatoms. The molecule has 1 saturated heterocycles. The molecule has 1 aliphatic rings. The fourth-order valence-electron chi connectivity index (χ4n) is 4.01. The molecule has 4 rings (SSSR count). The molecule has 0 saturated carbocycles. The van der Waals surface area contributed by atoms with Crippen LogP contribution >= 0.6 is 11.3 Å². The molecule has 3 aromatic rings. The summed E-state index contributed by atoms with van der Waals surface area (Å²) in [6.45, 7) is 3.84. The number of thiophene rings is 1. The van der Waals surface area contributed by atoms with Gasteiger partial charge in [0.2, 0.25) is 0 Å². The number of carbonyl (C=O) groups is 2. The first kappa shape index (κ1) is 21.6. The number of ketones is 1. The molecule has 2 aromatic carbocycles. The van der Waals surface area contributed by atoms with Crippen LogP contribution < -0.4 is 14.4 Å². The molecule has 1 aliphatic heterocycles. The van der Waals surface area contributed by atoms with Crippen molar-refractivity contribution in [2.24, 2.45) is 0 Å². The number of hydrogen-bond donors (Lipinski definition) is 1. The van der Waals surface area contributed by atoms with Crippen molar-refractivity contribution in [3.8, 4) is 11.5 Å². The van der Waals surface area contributed by atoms with E-state index in [4.69, 9.17) is 9.47 Å². The molecule has 1 fully saturated rings. The van der Waals surface area contributed by atoms with Crippen LogP contribution in [0.2, 0.25) is 0 Å². The number of hydrogen-bond acceptors (Lipinski definition) is 6. The summed E-state index contributed by atoms with van der Waals surface area (Å²) in [5, 5.41) is 13.3. The van der Waals surface area contributed by atoms with Gasteiger partial charge in [-0.1, -0.05) is 18.2 Å². The van der Waals surface area contributed by atoms with Crippen molar-refractivity contribution in [1.29, 1.82) is 0 Å². The van der Waals surface area contributed by atoms with Gasteiger partial charge >= 0.3 is 0 Å². The molecule has 0 bridgehead atoms. The van der Waals surface area contributed by atoms with Crippen molar-refractivity contribution in [1.82, 2.24) is 0 Å². The van der Waals surface area contributed by atoms with Crippen molar-refractivity contribution < 1.29 is 24.2 Å². The molecule has 1 unspecified atom stereocenters. The van der Waals surface area contributed by atoms with Gasteiger partial charge in [-0.05, 0) is 60.7 Å². The van der Waals surface area contributed by atoms with E-state index in [9.17, 15) is 14.7 Å². The number of aliphatic hydroxyl groups is 1. The number of ether oxygens (including phenoxy) is 2. The Morgan fingerprint density at radius 1 is 1.00 bits per heavy atom. The monoisotopic (exact) mass is 449 g/mol. The number of Topliss-reactive ketones (excluding diaryl/α,β-unsaturated/α-hetero) is 1. The van der Waals surface area contributed by atoms with E-state index in [-0.39, 0.29) is 16.9 Å². The van der Waals surface area contributed by atoms with E-state index >= 15 is 0 Å². The Morgan fingerprint density at radius 3 is 2.22 bits per heavy atom. The Labute approximate surface area is 190 Å². The minimum Gasteiger partial charge on any atom is -0.506 e. The Morgan fingerprint density at radius 2 is 1.66 bits per heavy atom. The highest BCUT2D eigenvalue weighted by atomic mass is 32.1. The van der Waals surface area contributed by atoms with E-state index in [2.05, 4.69) is 0 Å². The zero-order chi connectivity index (χ0) is 23.0. The summed E-state index contributed by atoms with van der Waals surface area (Å²) in [6, 6.07) is 13.6. The van der Waals surface area contributed by atoms with Crippen LogP contribution in [-0.2, 0) is 9.59 Å². The normalized spacial score (nSPS) is 17.6. The van der Waals surface area contributed by atoms with Crippen LogP contribution in [0.15, 0.2) is 59.5 Å². The minimum absolute atomic E-state index is 0.00450. The Bertz CT molecular complexity index is 1220. The van der Waals surface area contributed by atoms with E-state index in [1.807, 2.05) is 43.5 Å². The number of aryl methyl sites for hydroxylation is 2. The average molecular weight is 450 g/mol. The van der Waals surface area contributed by atoms with E-state index < -0.39 is 17.7 Å². The molecule has 1 N–H and O–H groups in total. The molecule has 0 aliphatic carbocycles. The summed E-state index contributed by atoms with van der Waals surface area (Å²) in [6.07, 6.45) is 0. The second-order valence-electron chi connectivity index (χ2n) is 7.51. The van der Waals surface area contributed by atoms with E-state index in [1.54, 1.807) is 24.3 Å². The molecule has 1 amide bonds. The molecule has 1 aromatic heterocycles. The lowest BCUT2D eigenvalue weighted by Crippen LogP contribution is -2.29. The molecule has 1 atom stereocenters. The lowest BCUT2D eigenvalue weighted by atomic mass is 9.97. The van der Waals surface area contributed by atoms with Crippen LogP contribution in [0.3, 0.4) is 0 Å². The SMILES string of the molecule is COc1cccc(OC)c1/C(O)=C1\C(=O)C(=O)N(c2cccc(C)c2)C1c1sccc1C. The smallest absolute Gasteiger partial charge is 0.300 e. The predicted molar refractivity (Wildman–Crippen MR) is 125 cm³/mol. The van der Waals surface area contributed by atoms with Crippen molar-refractivity contribution >= 4 is 34.5 Å². The van der Waals surface area contributed by atoms with Gasteiger partial charge in [-0.25, -0.2) is 0 Å². The maximum absolute atomic E-state index is 13.3. The molecule has 164 valence electrons. The largest absolute Gasteiger partial charge is 0.506 e. The van der Waals surface area contributed by atoms with Gasteiger partial charge in [0.25, 0.3) is 11.7 Å². The summed E-state index contributed by atoms with van der Waals surface area (Å²) in [5.74, 6) is -1.10. The van der Waals surface area contributed by atoms with Crippen molar-refractivity contribution in [3.05, 3.63) is 81.1 Å². The van der Waals surface area contributed by atoms with Crippen LogP contribution in [-0.4, -0.2) is 31.0 Å². The zero-order valence-corrected chi connectivity index (χ0v) is 19.0. The fourth-order valence-corrected chi connectivity index (χ4v) is 5.03. The Balaban J connectivity index is 2.02. The fraction of sp³-hybridized carbons (Fsp3) is 0.200. The number of anilines is 1. The molecule has 32 heavy (non-hydrogen) atoms. The third-order valence-electron chi connectivity index (χ3n) is 5.54. The Kier molecular flexibility index (Phi) is 5.76. The van der Waals surface area contributed by atoms with Gasteiger partial charge in [-0.3, -0.25) is 14.5 Å². The van der Waals surface area contributed by atoms with Crippen LogP contribution in [0, 0.1) is 13.8 Å². The van der Waals surface area contributed by atoms with Gasteiger partial charge in [0.1, 0.15) is 28.9 Å². The minimum atomic E-state index is -0.772. The standard InChI is InChI=1S/C25H23NO5S/c1-14-7-5-8-16(13-14)26-21(24-15(2)11-12-32-24)20(23(28)25(26)29)22(27)19-17(30-3)9-6-10-18(19)31-4/h5-13,21,27H,1-4H3/b22-20+. The maximum Gasteiger partial charge on any atom is 0.300 e. The third kappa shape index (κ3) is 3.44. The summed E-state index contributed by atoms with van der Waals surface area (Å²) in [5.41, 5.74) is 2.72. The quantitative estimate of drug-likeness (QED) is 0.337. The van der Waals surface area contributed by atoms with E-state index in [0.29, 0.717) is 17.2 Å². The predicted octanol–water partition coefficient (Wildman–Crippen LogP) is 5.01.